The smallest absolute Gasteiger partial charge is 0.142 e. The van der Waals surface area contributed by atoms with Crippen molar-refractivity contribution in [3.05, 3.63) is 58.5 Å². The van der Waals surface area contributed by atoms with Crippen LogP contribution in [0.4, 0.5) is 5.82 Å². The third-order valence-electron chi connectivity index (χ3n) is 5.00. The van der Waals surface area contributed by atoms with E-state index in [0.717, 1.165) is 55.0 Å². The quantitative estimate of drug-likeness (QED) is 0.504. The molecule has 0 aliphatic heterocycles. The van der Waals surface area contributed by atoms with Gasteiger partial charge in [-0.3, -0.25) is 0 Å². The van der Waals surface area contributed by atoms with Crippen molar-refractivity contribution in [3.63, 3.8) is 0 Å². The van der Waals surface area contributed by atoms with E-state index in [-0.39, 0.29) is 0 Å². The topological polar surface area (TPSA) is 41.0 Å². The normalized spacial score (nSPS) is 12.1. The zero-order valence-corrected chi connectivity index (χ0v) is 18.6. The van der Waals surface area contributed by atoms with Gasteiger partial charge in [-0.05, 0) is 64.4 Å². The zero-order valence-electron chi connectivity index (χ0n) is 17.8. The van der Waals surface area contributed by atoms with Gasteiger partial charge in [0.2, 0.25) is 0 Å². The minimum Gasteiger partial charge on any atom is -0.367 e. The first kappa shape index (κ1) is 22.4. The van der Waals surface area contributed by atoms with Gasteiger partial charge in [0.1, 0.15) is 17.3 Å². The number of nitrogens with one attached hydrogen (secondary N) is 1. The highest BCUT2D eigenvalue weighted by atomic mass is 35.5. The first-order valence-corrected chi connectivity index (χ1v) is 10.6. The van der Waals surface area contributed by atoms with Crippen molar-refractivity contribution in [2.45, 2.75) is 53.5 Å². The summed E-state index contributed by atoms with van der Waals surface area (Å²) in [6, 6.07) is 10.6. The van der Waals surface area contributed by atoms with Gasteiger partial charge in [0, 0.05) is 6.04 Å². The van der Waals surface area contributed by atoms with E-state index < -0.39 is 0 Å². The third kappa shape index (κ3) is 6.05. The molecular weight excluding hydrogens is 368 g/mol. The first-order chi connectivity index (χ1) is 13.5. The van der Waals surface area contributed by atoms with Crippen LogP contribution in [0.15, 0.2) is 42.2 Å². The molecule has 0 saturated heterocycles. The molecule has 1 N–H and O–H groups in total. The van der Waals surface area contributed by atoms with E-state index in [1.165, 1.54) is 11.9 Å². The highest BCUT2D eigenvalue weighted by Crippen LogP contribution is 2.35. The number of nitrogens with zero attached hydrogens (tertiary/aromatic N) is 3. The van der Waals surface area contributed by atoms with Crippen LogP contribution in [0.1, 0.15) is 58.6 Å². The number of rotatable bonds is 10. The van der Waals surface area contributed by atoms with E-state index >= 15 is 0 Å². The molecule has 0 aliphatic rings. The molecule has 5 heteroatoms. The molecular formula is C23H33ClN4. The fourth-order valence-electron chi connectivity index (χ4n) is 3.45. The van der Waals surface area contributed by atoms with Gasteiger partial charge in [-0.2, -0.15) is 0 Å². The highest BCUT2D eigenvalue weighted by Gasteiger charge is 2.19. The van der Waals surface area contributed by atoms with E-state index in [4.69, 9.17) is 11.6 Å². The molecule has 1 aromatic heterocycles. The summed E-state index contributed by atoms with van der Waals surface area (Å²) >= 11 is 6.55. The first-order valence-electron chi connectivity index (χ1n) is 10.2. The lowest BCUT2D eigenvalue weighted by Crippen LogP contribution is -2.26. The second-order valence-electron chi connectivity index (χ2n) is 7.34. The van der Waals surface area contributed by atoms with Gasteiger partial charge in [-0.15, -0.1) is 0 Å². The van der Waals surface area contributed by atoms with Crippen LogP contribution >= 0.6 is 11.6 Å². The molecule has 0 radical (unpaired) electrons. The Hall–Kier alpha value is -1.91. The van der Waals surface area contributed by atoms with E-state index in [9.17, 15) is 0 Å². The summed E-state index contributed by atoms with van der Waals surface area (Å²) in [5.41, 5.74) is 4.27. The molecule has 2 aromatic rings. The number of anilines is 1. The molecule has 0 unspecified atom stereocenters. The predicted molar refractivity (Wildman–Crippen MR) is 121 cm³/mol. The molecule has 152 valence electrons. The average Bonchev–Trinajstić information content (AvgIpc) is 2.68. The van der Waals surface area contributed by atoms with Crippen molar-refractivity contribution in [1.82, 2.24) is 14.9 Å². The molecule has 1 aromatic carbocycles. The fraction of sp³-hybridized carbons (Fsp3) is 0.478. The molecule has 1 heterocycles. The molecule has 0 aliphatic carbocycles. The lowest BCUT2D eigenvalue weighted by atomic mass is 9.95. The molecule has 28 heavy (non-hydrogen) atoms. The number of hydrogen-bond donors (Lipinski definition) is 1. The van der Waals surface area contributed by atoms with Gasteiger partial charge in [0.15, 0.2) is 0 Å². The Kier molecular flexibility index (Phi) is 8.94. The molecule has 0 amide bonds. The van der Waals surface area contributed by atoms with Crippen LogP contribution in [0.2, 0.25) is 5.15 Å². The third-order valence-corrected chi connectivity index (χ3v) is 5.29. The molecule has 0 bridgehead atoms. The summed E-state index contributed by atoms with van der Waals surface area (Å²) in [5, 5.41) is 4.06. The van der Waals surface area contributed by atoms with Crippen LogP contribution in [0.25, 0.3) is 5.57 Å². The van der Waals surface area contributed by atoms with E-state index in [1.54, 1.807) is 0 Å². The number of aromatic nitrogens is 2. The summed E-state index contributed by atoms with van der Waals surface area (Å²) in [7, 11) is 0. The van der Waals surface area contributed by atoms with Gasteiger partial charge in [0.25, 0.3) is 0 Å². The SMILES string of the molecule is CCN(CC)CCC[C@H](C)Nc1ncnc(Cl)c1C(=C(C)C)c1ccccc1. The molecule has 0 fully saturated rings. The summed E-state index contributed by atoms with van der Waals surface area (Å²) in [6.45, 7) is 14.2. The van der Waals surface area contributed by atoms with Gasteiger partial charge in [-0.25, -0.2) is 9.97 Å². The van der Waals surface area contributed by atoms with Crippen LogP contribution in [-0.4, -0.2) is 40.5 Å². The lowest BCUT2D eigenvalue weighted by Gasteiger charge is -2.22. The second-order valence-corrected chi connectivity index (χ2v) is 7.70. The average molecular weight is 401 g/mol. The zero-order chi connectivity index (χ0) is 20.5. The Morgan fingerprint density at radius 1 is 1.11 bits per heavy atom. The number of benzene rings is 1. The van der Waals surface area contributed by atoms with Crippen LogP contribution in [0, 0.1) is 0 Å². The van der Waals surface area contributed by atoms with E-state index in [2.05, 4.69) is 66.9 Å². The van der Waals surface area contributed by atoms with Crippen LogP contribution in [0.3, 0.4) is 0 Å². The van der Waals surface area contributed by atoms with Gasteiger partial charge >= 0.3 is 0 Å². The van der Waals surface area contributed by atoms with Gasteiger partial charge in [-0.1, -0.05) is 61.4 Å². The fourth-order valence-corrected chi connectivity index (χ4v) is 3.68. The molecule has 4 nitrogen and oxygen atoms in total. The minimum atomic E-state index is 0.300. The molecule has 0 saturated carbocycles. The Morgan fingerprint density at radius 3 is 2.39 bits per heavy atom. The molecule has 2 rings (SSSR count). The lowest BCUT2D eigenvalue weighted by molar-refractivity contribution is 0.295. The Morgan fingerprint density at radius 2 is 1.79 bits per heavy atom. The number of allylic oxidation sites excluding steroid dienone is 1. The van der Waals surface area contributed by atoms with Crippen molar-refractivity contribution in [2.75, 3.05) is 25.0 Å². The number of hydrogen-bond acceptors (Lipinski definition) is 4. The maximum absolute atomic E-state index is 6.55. The molecule has 0 spiro atoms. The van der Waals surface area contributed by atoms with E-state index in [1.807, 2.05) is 18.2 Å². The Balaban J connectivity index is 2.23. The number of halogens is 1. The summed E-state index contributed by atoms with van der Waals surface area (Å²) < 4.78 is 0. The van der Waals surface area contributed by atoms with Gasteiger partial charge < -0.3 is 10.2 Å². The molecule has 1 atom stereocenters. The van der Waals surface area contributed by atoms with Crippen LogP contribution < -0.4 is 5.32 Å². The largest absolute Gasteiger partial charge is 0.367 e. The monoisotopic (exact) mass is 400 g/mol. The summed E-state index contributed by atoms with van der Waals surface area (Å²) in [5.74, 6) is 0.801. The van der Waals surface area contributed by atoms with Crippen molar-refractivity contribution in [2.24, 2.45) is 0 Å². The van der Waals surface area contributed by atoms with Crippen LogP contribution in [-0.2, 0) is 0 Å². The predicted octanol–water partition coefficient (Wildman–Crippen LogP) is 5.89. The minimum absolute atomic E-state index is 0.300. The second kappa shape index (κ2) is 11.2. The maximum Gasteiger partial charge on any atom is 0.142 e. The van der Waals surface area contributed by atoms with E-state index in [0.29, 0.717) is 11.2 Å². The standard InChI is InChI=1S/C23H33ClN4/c1-6-28(7-2)15-11-12-18(5)27-23-21(22(24)25-16-26-23)20(17(3)4)19-13-9-8-10-14-19/h8-10,13-14,16,18H,6-7,11-12,15H2,1-5H3,(H,25,26,27)/t18-/m0/s1. The summed E-state index contributed by atoms with van der Waals surface area (Å²) in [4.78, 5) is 11.2. The van der Waals surface area contributed by atoms with Crippen molar-refractivity contribution in [3.8, 4) is 0 Å². The maximum atomic E-state index is 6.55. The van der Waals surface area contributed by atoms with Crippen molar-refractivity contribution in [1.29, 1.82) is 0 Å². The van der Waals surface area contributed by atoms with Crippen molar-refractivity contribution < 1.29 is 0 Å². The van der Waals surface area contributed by atoms with Crippen LogP contribution in [0.5, 0.6) is 0 Å². The van der Waals surface area contributed by atoms with Gasteiger partial charge in [0.05, 0.1) is 5.56 Å². The Bertz CT molecular complexity index is 765. The Labute approximate surface area is 175 Å². The summed E-state index contributed by atoms with van der Waals surface area (Å²) in [6.07, 6.45) is 3.76. The van der Waals surface area contributed by atoms with Crippen molar-refractivity contribution >= 4 is 23.0 Å². The highest BCUT2D eigenvalue weighted by molar-refractivity contribution is 6.31.